The minimum atomic E-state index is 0.0452. The van der Waals surface area contributed by atoms with Gasteiger partial charge in [0.1, 0.15) is 5.75 Å². The van der Waals surface area contributed by atoms with Crippen LogP contribution in [-0.2, 0) is 16.0 Å². The van der Waals surface area contributed by atoms with Gasteiger partial charge in [-0.1, -0.05) is 6.07 Å². The molecule has 0 radical (unpaired) electrons. The third-order valence-corrected chi connectivity index (χ3v) is 3.27. The van der Waals surface area contributed by atoms with Crippen molar-refractivity contribution in [3.63, 3.8) is 0 Å². The Hall–Kier alpha value is -1.55. The molecule has 1 rings (SSSR count). The van der Waals surface area contributed by atoms with Crippen LogP contribution in [0.15, 0.2) is 12.1 Å². The molecule has 1 N–H and O–H groups in total. The third kappa shape index (κ3) is 4.56. The number of benzene rings is 1. The Morgan fingerprint density at radius 2 is 1.95 bits per heavy atom. The van der Waals surface area contributed by atoms with Crippen LogP contribution in [0.4, 0.5) is 0 Å². The Morgan fingerprint density at radius 3 is 2.58 bits per heavy atom. The predicted molar refractivity (Wildman–Crippen MR) is 75.7 cm³/mol. The summed E-state index contributed by atoms with van der Waals surface area (Å²) in [5, 5.41) is 2.89. The highest BCUT2D eigenvalue weighted by molar-refractivity contribution is 5.79. The lowest BCUT2D eigenvalue weighted by atomic mass is 10.00. The van der Waals surface area contributed by atoms with Crippen LogP contribution in [0, 0.1) is 13.8 Å². The van der Waals surface area contributed by atoms with Gasteiger partial charge in [-0.25, -0.2) is 0 Å². The Balaban J connectivity index is 2.57. The van der Waals surface area contributed by atoms with Gasteiger partial charge in [0, 0.05) is 20.3 Å². The molecule has 4 heteroatoms. The second-order valence-electron chi connectivity index (χ2n) is 4.55. The van der Waals surface area contributed by atoms with Gasteiger partial charge < -0.3 is 14.8 Å². The number of rotatable bonds is 7. The van der Waals surface area contributed by atoms with E-state index in [0.29, 0.717) is 19.6 Å². The van der Waals surface area contributed by atoms with E-state index in [1.54, 1.807) is 14.2 Å². The average Bonchev–Trinajstić information content (AvgIpc) is 2.40. The average molecular weight is 265 g/mol. The summed E-state index contributed by atoms with van der Waals surface area (Å²) in [4.78, 5) is 11.8. The van der Waals surface area contributed by atoms with Gasteiger partial charge >= 0.3 is 0 Å². The van der Waals surface area contributed by atoms with Crippen LogP contribution in [0.25, 0.3) is 0 Å². The van der Waals surface area contributed by atoms with Gasteiger partial charge in [0.15, 0.2) is 0 Å². The molecule has 0 bridgehead atoms. The topological polar surface area (TPSA) is 47.6 Å². The zero-order valence-corrected chi connectivity index (χ0v) is 12.2. The van der Waals surface area contributed by atoms with Crippen molar-refractivity contribution in [2.24, 2.45) is 0 Å². The van der Waals surface area contributed by atoms with Gasteiger partial charge in [-0.3, -0.25) is 4.79 Å². The van der Waals surface area contributed by atoms with Gasteiger partial charge in [0.05, 0.1) is 13.5 Å². The van der Waals surface area contributed by atoms with Crippen LogP contribution < -0.4 is 10.1 Å². The number of carbonyl (C=O) groups excluding carboxylic acids is 1. The molecule has 1 aromatic rings. The molecule has 0 saturated heterocycles. The molecule has 0 unspecified atom stereocenters. The second kappa shape index (κ2) is 7.79. The number of amides is 1. The Bertz CT molecular complexity index is 430. The van der Waals surface area contributed by atoms with Gasteiger partial charge in [0.2, 0.25) is 5.91 Å². The molecular weight excluding hydrogens is 242 g/mol. The summed E-state index contributed by atoms with van der Waals surface area (Å²) in [5.41, 5.74) is 3.25. The Labute approximate surface area is 115 Å². The summed E-state index contributed by atoms with van der Waals surface area (Å²) >= 11 is 0. The van der Waals surface area contributed by atoms with Crippen molar-refractivity contribution < 1.29 is 14.3 Å². The first kappa shape index (κ1) is 15.5. The van der Waals surface area contributed by atoms with Crippen LogP contribution in [0.2, 0.25) is 0 Å². The van der Waals surface area contributed by atoms with Gasteiger partial charge in [0.25, 0.3) is 0 Å². The summed E-state index contributed by atoms with van der Waals surface area (Å²) in [7, 11) is 3.31. The molecule has 0 atom stereocenters. The van der Waals surface area contributed by atoms with Crippen molar-refractivity contribution >= 4 is 5.91 Å². The molecule has 0 saturated carbocycles. The number of methoxy groups -OCH3 is 2. The highest BCUT2D eigenvalue weighted by Gasteiger charge is 2.10. The summed E-state index contributed by atoms with van der Waals surface area (Å²) in [6, 6.07) is 3.87. The molecule has 106 valence electrons. The van der Waals surface area contributed by atoms with E-state index in [4.69, 9.17) is 9.47 Å². The minimum Gasteiger partial charge on any atom is -0.496 e. The normalized spacial score (nSPS) is 10.3. The van der Waals surface area contributed by atoms with Crippen LogP contribution in [0.5, 0.6) is 5.75 Å². The number of carbonyl (C=O) groups is 1. The van der Waals surface area contributed by atoms with E-state index in [-0.39, 0.29) is 5.91 Å². The van der Waals surface area contributed by atoms with Crippen molar-refractivity contribution in [2.45, 2.75) is 26.7 Å². The van der Waals surface area contributed by atoms with Crippen LogP contribution >= 0.6 is 0 Å². The molecule has 0 aliphatic rings. The number of hydrogen-bond donors (Lipinski definition) is 1. The predicted octanol–water partition coefficient (Wildman–Crippen LogP) is 2.01. The first-order chi connectivity index (χ1) is 9.10. The molecule has 0 aliphatic heterocycles. The molecule has 0 aliphatic carbocycles. The van der Waals surface area contributed by atoms with E-state index in [2.05, 4.69) is 5.32 Å². The van der Waals surface area contributed by atoms with E-state index in [0.717, 1.165) is 28.9 Å². The second-order valence-corrected chi connectivity index (χ2v) is 4.55. The van der Waals surface area contributed by atoms with E-state index >= 15 is 0 Å². The number of nitrogens with one attached hydrogen (secondary N) is 1. The molecule has 0 heterocycles. The van der Waals surface area contributed by atoms with Gasteiger partial charge in [-0.15, -0.1) is 0 Å². The standard InChI is InChI=1S/C15H23NO3/c1-11-12(2)14(19-4)7-6-13(11)10-15(17)16-8-5-9-18-3/h6-7H,5,8-10H2,1-4H3,(H,16,17). The first-order valence-corrected chi connectivity index (χ1v) is 6.48. The van der Waals surface area contributed by atoms with Crippen molar-refractivity contribution in [2.75, 3.05) is 27.4 Å². The van der Waals surface area contributed by atoms with Crippen molar-refractivity contribution in [3.8, 4) is 5.75 Å². The van der Waals surface area contributed by atoms with Crippen molar-refractivity contribution in [1.82, 2.24) is 5.32 Å². The smallest absolute Gasteiger partial charge is 0.224 e. The SMILES string of the molecule is COCCCNC(=O)Cc1ccc(OC)c(C)c1C. The van der Waals surface area contributed by atoms with Crippen molar-refractivity contribution in [1.29, 1.82) is 0 Å². The molecule has 19 heavy (non-hydrogen) atoms. The minimum absolute atomic E-state index is 0.0452. The molecule has 0 fully saturated rings. The largest absolute Gasteiger partial charge is 0.496 e. The Kier molecular flexibility index (Phi) is 6.36. The van der Waals surface area contributed by atoms with Gasteiger partial charge in [-0.2, -0.15) is 0 Å². The van der Waals surface area contributed by atoms with Crippen LogP contribution in [-0.4, -0.2) is 33.3 Å². The quantitative estimate of drug-likeness (QED) is 0.767. The van der Waals surface area contributed by atoms with E-state index < -0.39 is 0 Å². The molecule has 4 nitrogen and oxygen atoms in total. The fourth-order valence-electron chi connectivity index (χ4n) is 1.94. The molecule has 0 spiro atoms. The van der Waals surface area contributed by atoms with E-state index in [9.17, 15) is 4.79 Å². The highest BCUT2D eigenvalue weighted by Crippen LogP contribution is 2.24. The third-order valence-electron chi connectivity index (χ3n) is 3.27. The van der Waals surface area contributed by atoms with Crippen molar-refractivity contribution in [3.05, 3.63) is 28.8 Å². The van der Waals surface area contributed by atoms with Gasteiger partial charge in [-0.05, 0) is 43.0 Å². The van der Waals surface area contributed by atoms with E-state index in [1.165, 1.54) is 0 Å². The summed E-state index contributed by atoms with van der Waals surface area (Å²) in [6.07, 6.45) is 1.24. The lowest BCUT2D eigenvalue weighted by molar-refractivity contribution is -0.120. The maximum absolute atomic E-state index is 11.8. The molecule has 1 aromatic carbocycles. The first-order valence-electron chi connectivity index (χ1n) is 6.48. The lowest BCUT2D eigenvalue weighted by Gasteiger charge is -2.12. The summed E-state index contributed by atoms with van der Waals surface area (Å²) in [5.74, 6) is 0.908. The lowest BCUT2D eigenvalue weighted by Crippen LogP contribution is -2.27. The summed E-state index contributed by atoms with van der Waals surface area (Å²) in [6.45, 7) is 5.35. The molecule has 0 aromatic heterocycles. The monoisotopic (exact) mass is 265 g/mol. The maximum atomic E-state index is 11.8. The maximum Gasteiger partial charge on any atom is 0.224 e. The fraction of sp³-hybridized carbons (Fsp3) is 0.533. The zero-order chi connectivity index (χ0) is 14.3. The summed E-state index contributed by atoms with van der Waals surface area (Å²) < 4.78 is 10.2. The van der Waals surface area contributed by atoms with E-state index in [1.807, 2.05) is 26.0 Å². The number of ether oxygens (including phenoxy) is 2. The number of hydrogen-bond acceptors (Lipinski definition) is 3. The Morgan fingerprint density at radius 1 is 1.21 bits per heavy atom. The van der Waals surface area contributed by atoms with Crippen LogP contribution in [0.3, 0.4) is 0 Å². The molecular formula is C15H23NO3. The highest BCUT2D eigenvalue weighted by atomic mass is 16.5. The zero-order valence-electron chi connectivity index (χ0n) is 12.2. The fourth-order valence-corrected chi connectivity index (χ4v) is 1.94. The molecule has 1 amide bonds. The van der Waals surface area contributed by atoms with Crippen LogP contribution in [0.1, 0.15) is 23.1 Å².